The fourth-order valence-electron chi connectivity index (χ4n) is 2.22. The van der Waals surface area contributed by atoms with E-state index in [0.29, 0.717) is 23.0 Å². The maximum absolute atomic E-state index is 12.3. The minimum atomic E-state index is -0.308. The molecule has 1 aromatic carbocycles. The molecule has 26 heavy (non-hydrogen) atoms. The number of benzene rings is 1. The molecule has 0 unspecified atom stereocenters. The van der Waals surface area contributed by atoms with Crippen LogP contribution in [0.4, 0.5) is 11.6 Å². The van der Waals surface area contributed by atoms with Crippen LogP contribution in [0.1, 0.15) is 16.1 Å². The SMILES string of the molecule is COc1ccc(Cl)cc1Nc1nccc(C(=O)NCc2cccnc2)n1. The van der Waals surface area contributed by atoms with E-state index in [1.165, 1.54) is 6.20 Å². The number of carbonyl (C=O) groups excluding carboxylic acids is 1. The van der Waals surface area contributed by atoms with E-state index >= 15 is 0 Å². The van der Waals surface area contributed by atoms with Crippen LogP contribution in [-0.4, -0.2) is 28.0 Å². The van der Waals surface area contributed by atoms with Crippen molar-refractivity contribution in [3.63, 3.8) is 0 Å². The third kappa shape index (κ3) is 4.46. The fraction of sp³-hybridized carbons (Fsp3) is 0.111. The predicted octanol–water partition coefficient (Wildman–Crippen LogP) is 3.21. The zero-order valence-corrected chi connectivity index (χ0v) is 14.7. The number of carbonyl (C=O) groups is 1. The smallest absolute Gasteiger partial charge is 0.270 e. The maximum Gasteiger partial charge on any atom is 0.270 e. The van der Waals surface area contributed by atoms with E-state index < -0.39 is 0 Å². The van der Waals surface area contributed by atoms with E-state index in [2.05, 4.69) is 25.6 Å². The van der Waals surface area contributed by atoms with E-state index in [-0.39, 0.29) is 17.5 Å². The Kier molecular flexibility index (Phi) is 5.60. The van der Waals surface area contributed by atoms with Crippen LogP contribution < -0.4 is 15.4 Å². The normalized spacial score (nSPS) is 10.2. The molecule has 8 heteroatoms. The number of pyridine rings is 1. The number of rotatable bonds is 6. The molecular formula is C18H16ClN5O2. The van der Waals surface area contributed by atoms with Crippen molar-refractivity contribution < 1.29 is 9.53 Å². The molecule has 7 nitrogen and oxygen atoms in total. The first-order valence-corrected chi connectivity index (χ1v) is 8.14. The van der Waals surface area contributed by atoms with Gasteiger partial charge in [0.05, 0.1) is 12.8 Å². The molecule has 0 fully saturated rings. The van der Waals surface area contributed by atoms with Gasteiger partial charge in [-0.25, -0.2) is 9.97 Å². The van der Waals surface area contributed by atoms with Crippen molar-refractivity contribution in [1.29, 1.82) is 0 Å². The first-order valence-electron chi connectivity index (χ1n) is 7.76. The summed E-state index contributed by atoms with van der Waals surface area (Å²) >= 11 is 6.02. The molecule has 3 aromatic rings. The van der Waals surface area contributed by atoms with Crippen LogP contribution in [0.15, 0.2) is 55.0 Å². The summed E-state index contributed by atoms with van der Waals surface area (Å²) in [6.45, 7) is 0.363. The highest BCUT2D eigenvalue weighted by atomic mass is 35.5. The van der Waals surface area contributed by atoms with Crippen molar-refractivity contribution in [3.05, 3.63) is 71.3 Å². The molecule has 2 heterocycles. The lowest BCUT2D eigenvalue weighted by Crippen LogP contribution is -2.24. The minimum absolute atomic E-state index is 0.243. The average molecular weight is 370 g/mol. The van der Waals surface area contributed by atoms with E-state index in [1.807, 2.05) is 12.1 Å². The fourth-order valence-corrected chi connectivity index (χ4v) is 2.39. The number of hydrogen-bond acceptors (Lipinski definition) is 6. The number of nitrogens with one attached hydrogen (secondary N) is 2. The Morgan fingerprint density at radius 2 is 2.12 bits per heavy atom. The van der Waals surface area contributed by atoms with Gasteiger partial charge in [0.15, 0.2) is 0 Å². The first-order chi connectivity index (χ1) is 12.7. The van der Waals surface area contributed by atoms with Gasteiger partial charge >= 0.3 is 0 Å². The number of hydrogen-bond donors (Lipinski definition) is 2. The number of anilines is 2. The standard InChI is InChI=1S/C18H16ClN5O2/c1-26-16-5-4-13(19)9-15(16)24-18-21-8-6-14(23-18)17(25)22-11-12-3-2-7-20-10-12/h2-10H,11H2,1H3,(H,22,25)(H,21,23,24). The lowest BCUT2D eigenvalue weighted by molar-refractivity contribution is 0.0946. The molecule has 0 atom stereocenters. The van der Waals surface area contributed by atoms with Crippen molar-refractivity contribution in [2.24, 2.45) is 0 Å². The highest BCUT2D eigenvalue weighted by molar-refractivity contribution is 6.31. The summed E-state index contributed by atoms with van der Waals surface area (Å²) in [5.74, 6) is 0.543. The van der Waals surface area contributed by atoms with Crippen LogP contribution in [0.2, 0.25) is 5.02 Å². The molecule has 0 aliphatic rings. The summed E-state index contributed by atoms with van der Waals surface area (Å²) < 4.78 is 5.28. The van der Waals surface area contributed by atoms with Gasteiger partial charge in [0.25, 0.3) is 5.91 Å². The lowest BCUT2D eigenvalue weighted by Gasteiger charge is -2.11. The molecule has 0 aliphatic carbocycles. The molecule has 0 bridgehead atoms. The van der Waals surface area contributed by atoms with Crippen molar-refractivity contribution in [3.8, 4) is 5.75 Å². The number of halogens is 1. The van der Waals surface area contributed by atoms with Crippen LogP contribution in [0.5, 0.6) is 5.75 Å². The van der Waals surface area contributed by atoms with Crippen molar-refractivity contribution in [2.45, 2.75) is 6.54 Å². The Balaban J connectivity index is 1.72. The van der Waals surface area contributed by atoms with E-state index in [9.17, 15) is 4.79 Å². The molecular weight excluding hydrogens is 354 g/mol. The summed E-state index contributed by atoms with van der Waals surface area (Å²) in [5.41, 5.74) is 1.75. The summed E-state index contributed by atoms with van der Waals surface area (Å²) in [6.07, 6.45) is 4.88. The summed E-state index contributed by atoms with van der Waals surface area (Å²) in [4.78, 5) is 24.7. The highest BCUT2D eigenvalue weighted by Crippen LogP contribution is 2.29. The van der Waals surface area contributed by atoms with Crippen LogP contribution >= 0.6 is 11.6 Å². The first kappa shape index (κ1) is 17.6. The Labute approximate surface area is 155 Å². The lowest BCUT2D eigenvalue weighted by atomic mass is 10.3. The van der Waals surface area contributed by atoms with Crippen LogP contribution in [0.25, 0.3) is 0 Å². The minimum Gasteiger partial charge on any atom is -0.495 e. The van der Waals surface area contributed by atoms with Gasteiger partial charge in [-0.3, -0.25) is 9.78 Å². The van der Waals surface area contributed by atoms with Gasteiger partial charge < -0.3 is 15.4 Å². The summed E-state index contributed by atoms with van der Waals surface area (Å²) in [5, 5.41) is 6.35. The summed E-state index contributed by atoms with van der Waals surface area (Å²) in [7, 11) is 1.55. The Hall–Kier alpha value is -3.19. The number of nitrogens with zero attached hydrogens (tertiary/aromatic N) is 3. The molecule has 0 radical (unpaired) electrons. The molecule has 1 amide bonds. The van der Waals surface area contributed by atoms with Gasteiger partial charge in [0.2, 0.25) is 5.95 Å². The number of amides is 1. The molecule has 2 aromatic heterocycles. The van der Waals surface area contributed by atoms with Gasteiger partial charge in [-0.15, -0.1) is 0 Å². The Morgan fingerprint density at radius 1 is 1.23 bits per heavy atom. The van der Waals surface area contributed by atoms with Gasteiger partial charge in [-0.1, -0.05) is 17.7 Å². The molecule has 0 saturated heterocycles. The van der Waals surface area contributed by atoms with Gasteiger partial charge in [-0.2, -0.15) is 0 Å². The van der Waals surface area contributed by atoms with Gasteiger partial charge in [0.1, 0.15) is 11.4 Å². The van der Waals surface area contributed by atoms with Crippen molar-refractivity contribution >= 4 is 29.1 Å². The number of methoxy groups -OCH3 is 1. The quantitative estimate of drug-likeness (QED) is 0.693. The third-order valence-corrected chi connectivity index (χ3v) is 3.71. The van der Waals surface area contributed by atoms with Crippen LogP contribution in [-0.2, 0) is 6.54 Å². The number of ether oxygens (including phenoxy) is 1. The molecule has 2 N–H and O–H groups in total. The van der Waals surface area contributed by atoms with Crippen LogP contribution in [0.3, 0.4) is 0 Å². The summed E-state index contributed by atoms with van der Waals surface area (Å²) in [6, 6.07) is 10.4. The highest BCUT2D eigenvalue weighted by Gasteiger charge is 2.11. The zero-order chi connectivity index (χ0) is 18.4. The van der Waals surface area contributed by atoms with Crippen LogP contribution in [0, 0.1) is 0 Å². The molecule has 0 saturated carbocycles. The van der Waals surface area contributed by atoms with Gasteiger partial charge in [-0.05, 0) is 35.9 Å². The number of aromatic nitrogens is 3. The van der Waals surface area contributed by atoms with E-state index in [4.69, 9.17) is 16.3 Å². The van der Waals surface area contributed by atoms with E-state index in [0.717, 1.165) is 5.56 Å². The second kappa shape index (κ2) is 8.26. The largest absolute Gasteiger partial charge is 0.495 e. The second-order valence-electron chi connectivity index (χ2n) is 5.28. The second-order valence-corrected chi connectivity index (χ2v) is 5.72. The van der Waals surface area contributed by atoms with Gasteiger partial charge in [0, 0.05) is 30.2 Å². The Bertz CT molecular complexity index is 905. The molecule has 132 valence electrons. The molecule has 3 rings (SSSR count). The predicted molar refractivity (Wildman–Crippen MR) is 98.7 cm³/mol. The molecule has 0 spiro atoms. The van der Waals surface area contributed by atoms with Crippen molar-refractivity contribution in [1.82, 2.24) is 20.3 Å². The average Bonchev–Trinajstić information content (AvgIpc) is 2.67. The monoisotopic (exact) mass is 369 g/mol. The van der Waals surface area contributed by atoms with Crippen molar-refractivity contribution in [2.75, 3.05) is 12.4 Å². The zero-order valence-electron chi connectivity index (χ0n) is 13.9. The topological polar surface area (TPSA) is 89.0 Å². The Morgan fingerprint density at radius 3 is 2.88 bits per heavy atom. The van der Waals surface area contributed by atoms with E-state index in [1.54, 1.807) is 43.8 Å². The molecule has 0 aliphatic heterocycles. The third-order valence-electron chi connectivity index (χ3n) is 3.47. The maximum atomic E-state index is 12.3.